The first-order chi connectivity index (χ1) is 9.58. The van der Waals surface area contributed by atoms with Crippen molar-refractivity contribution in [3.05, 3.63) is 64.0 Å². The molecule has 1 atom stereocenters. The molecule has 1 nitrogen and oxygen atoms in total. The van der Waals surface area contributed by atoms with Crippen LogP contribution in [0, 0.1) is 19.7 Å². The van der Waals surface area contributed by atoms with Gasteiger partial charge in [-0.2, -0.15) is 0 Å². The zero-order valence-electron chi connectivity index (χ0n) is 11.6. The number of aryl methyl sites for hydroxylation is 2. The van der Waals surface area contributed by atoms with E-state index in [-0.39, 0.29) is 5.56 Å². The SMILES string of the molecule is Cc1cc(C)c(C(F)c2cccc3c2NCC3)c(F)c1. The quantitative estimate of drug-likeness (QED) is 0.851. The molecule has 1 aliphatic rings. The molecule has 0 radical (unpaired) electrons. The van der Waals surface area contributed by atoms with Gasteiger partial charge in [-0.1, -0.05) is 24.3 Å². The molecule has 3 heteroatoms. The fraction of sp³-hybridized carbons (Fsp3) is 0.294. The molecule has 0 spiro atoms. The summed E-state index contributed by atoms with van der Waals surface area (Å²) in [5.41, 5.74) is 4.09. The summed E-state index contributed by atoms with van der Waals surface area (Å²) in [4.78, 5) is 0. The smallest absolute Gasteiger partial charge is 0.155 e. The van der Waals surface area contributed by atoms with E-state index in [4.69, 9.17) is 0 Å². The van der Waals surface area contributed by atoms with Crippen LogP contribution in [0.4, 0.5) is 14.5 Å². The Kier molecular flexibility index (Phi) is 3.20. The zero-order chi connectivity index (χ0) is 14.3. The van der Waals surface area contributed by atoms with E-state index in [2.05, 4.69) is 5.32 Å². The molecule has 1 heterocycles. The number of halogens is 2. The van der Waals surface area contributed by atoms with E-state index in [1.807, 2.05) is 25.1 Å². The predicted molar refractivity (Wildman–Crippen MR) is 77.5 cm³/mol. The van der Waals surface area contributed by atoms with Crippen LogP contribution in [0.5, 0.6) is 0 Å². The Hall–Kier alpha value is -1.90. The summed E-state index contributed by atoms with van der Waals surface area (Å²) in [7, 11) is 0. The molecule has 0 bridgehead atoms. The highest BCUT2D eigenvalue weighted by Gasteiger charge is 2.25. The predicted octanol–water partition coefficient (Wildman–Crippen LogP) is 4.47. The first kappa shape index (κ1) is 13.1. The van der Waals surface area contributed by atoms with Crippen LogP contribution in [-0.2, 0) is 6.42 Å². The molecule has 0 fully saturated rings. The van der Waals surface area contributed by atoms with Gasteiger partial charge in [0, 0.05) is 23.4 Å². The van der Waals surface area contributed by atoms with Crippen LogP contribution >= 0.6 is 0 Å². The minimum atomic E-state index is -1.43. The van der Waals surface area contributed by atoms with E-state index < -0.39 is 12.0 Å². The number of para-hydroxylation sites is 1. The van der Waals surface area contributed by atoms with E-state index in [0.29, 0.717) is 11.1 Å². The zero-order valence-corrected chi connectivity index (χ0v) is 11.6. The Bertz CT molecular complexity index is 641. The van der Waals surface area contributed by atoms with Gasteiger partial charge in [0.05, 0.1) is 0 Å². The fourth-order valence-corrected chi connectivity index (χ4v) is 2.98. The van der Waals surface area contributed by atoms with Gasteiger partial charge in [0.25, 0.3) is 0 Å². The Morgan fingerprint density at radius 1 is 1.20 bits per heavy atom. The molecule has 104 valence electrons. The van der Waals surface area contributed by atoms with E-state index >= 15 is 0 Å². The molecule has 1 aliphatic heterocycles. The van der Waals surface area contributed by atoms with Crippen molar-refractivity contribution in [3.8, 4) is 0 Å². The third kappa shape index (κ3) is 2.07. The highest BCUT2D eigenvalue weighted by Crippen LogP contribution is 2.38. The maximum Gasteiger partial charge on any atom is 0.155 e. The van der Waals surface area contributed by atoms with Crippen LogP contribution < -0.4 is 5.32 Å². The van der Waals surface area contributed by atoms with Gasteiger partial charge in [-0.25, -0.2) is 8.78 Å². The minimum absolute atomic E-state index is 0.151. The number of hydrogen-bond acceptors (Lipinski definition) is 1. The van der Waals surface area contributed by atoms with Gasteiger partial charge in [0.1, 0.15) is 5.82 Å². The molecule has 0 saturated carbocycles. The van der Waals surface area contributed by atoms with Crippen molar-refractivity contribution in [1.82, 2.24) is 0 Å². The average Bonchev–Trinajstić information content (AvgIpc) is 2.85. The second-order valence-electron chi connectivity index (χ2n) is 5.40. The molecule has 0 aromatic heterocycles. The van der Waals surface area contributed by atoms with E-state index in [1.165, 1.54) is 6.07 Å². The molecular weight excluding hydrogens is 256 g/mol. The van der Waals surface area contributed by atoms with Crippen molar-refractivity contribution < 1.29 is 8.78 Å². The van der Waals surface area contributed by atoms with Crippen LogP contribution in [0.2, 0.25) is 0 Å². The van der Waals surface area contributed by atoms with Crippen molar-refractivity contribution in [2.75, 3.05) is 11.9 Å². The van der Waals surface area contributed by atoms with Crippen molar-refractivity contribution in [1.29, 1.82) is 0 Å². The molecule has 3 rings (SSSR count). The molecule has 0 aliphatic carbocycles. The summed E-state index contributed by atoms with van der Waals surface area (Å²) in [5.74, 6) is -0.467. The van der Waals surface area contributed by atoms with E-state index in [9.17, 15) is 8.78 Å². The Morgan fingerprint density at radius 2 is 2.00 bits per heavy atom. The fourth-order valence-electron chi connectivity index (χ4n) is 2.98. The van der Waals surface area contributed by atoms with E-state index in [0.717, 1.165) is 29.8 Å². The van der Waals surface area contributed by atoms with Crippen molar-refractivity contribution in [2.45, 2.75) is 26.4 Å². The summed E-state index contributed by atoms with van der Waals surface area (Å²) in [6, 6.07) is 8.78. The number of rotatable bonds is 2. The van der Waals surface area contributed by atoms with Crippen molar-refractivity contribution in [2.24, 2.45) is 0 Å². The summed E-state index contributed by atoms with van der Waals surface area (Å²) >= 11 is 0. The topological polar surface area (TPSA) is 12.0 Å². The van der Waals surface area contributed by atoms with Crippen LogP contribution in [0.25, 0.3) is 0 Å². The number of nitrogens with one attached hydrogen (secondary N) is 1. The van der Waals surface area contributed by atoms with Gasteiger partial charge < -0.3 is 5.32 Å². The van der Waals surface area contributed by atoms with Gasteiger partial charge in [-0.15, -0.1) is 0 Å². The second-order valence-corrected chi connectivity index (χ2v) is 5.40. The summed E-state index contributed by atoms with van der Waals surface area (Å²) in [6.07, 6.45) is -0.540. The highest BCUT2D eigenvalue weighted by atomic mass is 19.1. The first-order valence-electron chi connectivity index (χ1n) is 6.84. The Balaban J connectivity index is 2.10. The maximum absolute atomic E-state index is 14.9. The van der Waals surface area contributed by atoms with E-state index in [1.54, 1.807) is 13.0 Å². The molecule has 2 aromatic rings. The lowest BCUT2D eigenvalue weighted by atomic mass is 9.94. The van der Waals surface area contributed by atoms with Gasteiger partial charge >= 0.3 is 0 Å². The first-order valence-corrected chi connectivity index (χ1v) is 6.84. The summed E-state index contributed by atoms with van der Waals surface area (Å²) in [5, 5.41) is 3.21. The van der Waals surface area contributed by atoms with Gasteiger partial charge in [-0.05, 0) is 43.0 Å². The third-order valence-corrected chi connectivity index (χ3v) is 3.89. The number of fused-ring (bicyclic) bond motifs is 1. The number of anilines is 1. The molecule has 0 saturated heterocycles. The van der Waals surface area contributed by atoms with Crippen LogP contribution in [0.1, 0.15) is 34.0 Å². The van der Waals surface area contributed by atoms with Crippen LogP contribution in [0.15, 0.2) is 30.3 Å². The second kappa shape index (κ2) is 4.89. The molecular formula is C17H17F2N. The monoisotopic (exact) mass is 273 g/mol. The van der Waals surface area contributed by atoms with Gasteiger partial charge in [0.2, 0.25) is 0 Å². The number of alkyl halides is 1. The Morgan fingerprint density at radius 3 is 2.75 bits per heavy atom. The standard InChI is InChI=1S/C17H17F2N/c1-10-8-11(2)15(14(18)9-10)16(19)13-5-3-4-12-6-7-20-17(12)13/h3-5,8-9,16,20H,6-7H2,1-2H3. The van der Waals surface area contributed by atoms with Crippen LogP contribution in [0.3, 0.4) is 0 Å². The van der Waals surface area contributed by atoms with Crippen molar-refractivity contribution in [3.63, 3.8) is 0 Å². The minimum Gasteiger partial charge on any atom is -0.384 e. The molecule has 1 N–H and O–H groups in total. The van der Waals surface area contributed by atoms with Crippen LogP contribution in [-0.4, -0.2) is 6.54 Å². The van der Waals surface area contributed by atoms with Gasteiger partial charge in [0.15, 0.2) is 6.17 Å². The lowest BCUT2D eigenvalue weighted by Gasteiger charge is -2.17. The normalized spacial score (nSPS) is 14.8. The number of benzene rings is 2. The highest BCUT2D eigenvalue weighted by molar-refractivity contribution is 5.63. The summed E-state index contributed by atoms with van der Waals surface area (Å²) < 4.78 is 29.0. The molecule has 1 unspecified atom stereocenters. The molecule has 0 amide bonds. The average molecular weight is 273 g/mol. The lowest BCUT2D eigenvalue weighted by Crippen LogP contribution is -2.05. The largest absolute Gasteiger partial charge is 0.384 e. The lowest BCUT2D eigenvalue weighted by molar-refractivity contribution is 0.386. The number of hydrogen-bond donors (Lipinski definition) is 1. The third-order valence-electron chi connectivity index (χ3n) is 3.89. The van der Waals surface area contributed by atoms with Crippen molar-refractivity contribution >= 4 is 5.69 Å². The molecule has 20 heavy (non-hydrogen) atoms. The van der Waals surface area contributed by atoms with Gasteiger partial charge in [-0.3, -0.25) is 0 Å². The summed E-state index contributed by atoms with van der Waals surface area (Å²) in [6.45, 7) is 4.39. The molecule has 2 aromatic carbocycles. The Labute approximate surface area is 117 Å². The maximum atomic E-state index is 14.9.